The second-order valence-electron chi connectivity index (χ2n) is 4.81. The van der Waals surface area contributed by atoms with Crippen LogP contribution in [0.1, 0.15) is 24.1 Å². The minimum absolute atomic E-state index is 0.255. The molecule has 0 saturated heterocycles. The highest BCUT2D eigenvalue weighted by Gasteiger charge is 2.10. The average molecular weight is 289 g/mol. The molecule has 21 heavy (non-hydrogen) atoms. The van der Waals surface area contributed by atoms with Gasteiger partial charge in [0.15, 0.2) is 11.5 Å². The van der Waals surface area contributed by atoms with Gasteiger partial charge in [0.2, 0.25) is 0 Å². The Balaban J connectivity index is 2.05. The Morgan fingerprint density at radius 2 is 1.95 bits per heavy atom. The molecule has 0 bridgehead atoms. The van der Waals surface area contributed by atoms with Crippen molar-refractivity contribution in [2.24, 2.45) is 5.73 Å². The molecule has 0 fully saturated rings. The number of hydrogen-bond acceptors (Lipinski definition) is 3. The molecule has 0 aliphatic heterocycles. The topological polar surface area (TPSA) is 44.5 Å². The first-order chi connectivity index (χ1) is 10.1. The molecule has 0 aliphatic rings. The van der Waals surface area contributed by atoms with Gasteiger partial charge in [-0.25, -0.2) is 4.39 Å². The maximum atomic E-state index is 13.2. The van der Waals surface area contributed by atoms with Gasteiger partial charge in [0.25, 0.3) is 0 Å². The van der Waals surface area contributed by atoms with E-state index in [0.29, 0.717) is 17.1 Å². The molecule has 1 atom stereocenters. The Kier molecular flexibility index (Phi) is 5.17. The van der Waals surface area contributed by atoms with Crippen LogP contribution < -0.4 is 15.2 Å². The van der Waals surface area contributed by atoms with Crippen molar-refractivity contribution in [1.82, 2.24) is 0 Å². The smallest absolute Gasteiger partial charge is 0.161 e. The number of benzene rings is 2. The molecule has 0 aromatic heterocycles. The molecule has 4 heteroatoms. The number of rotatable bonds is 6. The summed E-state index contributed by atoms with van der Waals surface area (Å²) in [6.07, 6.45) is 0.930. The van der Waals surface area contributed by atoms with Gasteiger partial charge in [-0.15, -0.1) is 0 Å². The lowest BCUT2D eigenvalue weighted by Crippen LogP contribution is -2.19. The zero-order chi connectivity index (χ0) is 15.2. The minimum atomic E-state index is -0.392. The van der Waals surface area contributed by atoms with Crippen LogP contribution >= 0.6 is 0 Å². The zero-order valence-corrected chi connectivity index (χ0v) is 12.3. The first-order valence-corrected chi connectivity index (χ1v) is 6.94. The van der Waals surface area contributed by atoms with E-state index in [2.05, 4.69) is 6.92 Å². The second kappa shape index (κ2) is 7.09. The molecule has 2 aromatic rings. The van der Waals surface area contributed by atoms with Crippen molar-refractivity contribution in [2.75, 3.05) is 13.7 Å². The van der Waals surface area contributed by atoms with Gasteiger partial charge in [-0.05, 0) is 41.8 Å². The summed E-state index contributed by atoms with van der Waals surface area (Å²) in [7, 11) is 1.61. The Labute approximate surface area is 124 Å². The maximum Gasteiger partial charge on any atom is 0.161 e. The lowest BCUT2D eigenvalue weighted by Gasteiger charge is -2.16. The summed E-state index contributed by atoms with van der Waals surface area (Å²) >= 11 is 0. The Bertz CT molecular complexity index is 601. The molecule has 2 N–H and O–H groups in total. The van der Waals surface area contributed by atoms with Gasteiger partial charge in [-0.1, -0.05) is 25.1 Å². The fraction of sp³-hybridized carbons (Fsp3) is 0.294. The summed E-state index contributed by atoms with van der Waals surface area (Å²) in [5, 5.41) is 0. The molecule has 2 rings (SSSR count). The molecule has 2 aromatic carbocycles. The van der Waals surface area contributed by atoms with Crippen molar-refractivity contribution in [1.29, 1.82) is 0 Å². The van der Waals surface area contributed by atoms with Crippen LogP contribution in [-0.4, -0.2) is 13.7 Å². The van der Waals surface area contributed by atoms with Crippen LogP contribution in [0, 0.1) is 5.82 Å². The van der Waals surface area contributed by atoms with Gasteiger partial charge in [-0.2, -0.15) is 0 Å². The minimum Gasteiger partial charge on any atom is -0.493 e. The van der Waals surface area contributed by atoms with Gasteiger partial charge in [-0.3, -0.25) is 0 Å². The molecule has 3 nitrogen and oxygen atoms in total. The predicted octanol–water partition coefficient (Wildman–Crippen LogP) is 3.48. The van der Waals surface area contributed by atoms with Crippen LogP contribution in [-0.2, 0) is 6.42 Å². The van der Waals surface area contributed by atoms with Gasteiger partial charge in [0.1, 0.15) is 12.4 Å². The van der Waals surface area contributed by atoms with Crippen LogP contribution in [0.5, 0.6) is 11.5 Å². The quantitative estimate of drug-likeness (QED) is 0.885. The SMILES string of the molecule is CCc1ccc(OCC(N)c2cccc(F)c2)c(OC)c1. The maximum absolute atomic E-state index is 13.2. The summed E-state index contributed by atoms with van der Waals surface area (Å²) in [5.74, 6) is 1.02. The third-order valence-electron chi connectivity index (χ3n) is 3.33. The van der Waals surface area contributed by atoms with Gasteiger partial charge in [0.05, 0.1) is 13.2 Å². The van der Waals surface area contributed by atoms with Crippen molar-refractivity contribution in [3.63, 3.8) is 0 Å². The zero-order valence-electron chi connectivity index (χ0n) is 12.3. The molecule has 0 amide bonds. The lowest BCUT2D eigenvalue weighted by molar-refractivity contribution is 0.273. The van der Waals surface area contributed by atoms with Crippen molar-refractivity contribution in [2.45, 2.75) is 19.4 Å². The van der Waals surface area contributed by atoms with Crippen molar-refractivity contribution < 1.29 is 13.9 Å². The molecular formula is C17H20FNO2. The number of aryl methyl sites for hydroxylation is 1. The third-order valence-corrected chi connectivity index (χ3v) is 3.33. The fourth-order valence-electron chi connectivity index (χ4n) is 2.06. The largest absolute Gasteiger partial charge is 0.493 e. The van der Waals surface area contributed by atoms with E-state index in [0.717, 1.165) is 6.42 Å². The molecule has 0 saturated carbocycles. The number of halogens is 1. The van der Waals surface area contributed by atoms with Gasteiger partial charge in [0, 0.05) is 0 Å². The summed E-state index contributed by atoms with van der Waals surface area (Å²) in [6, 6.07) is 11.7. The van der Waals surface area contributed by atoms with Crippen molar-refractivity contribution in [3.05, 3.63) is 59.4 Å². The Morgan fingerprint density at radius 1 is 1.14 bits per heavy atom. The molecule has 0 radical (unpaired) electrons. The molecule has 0 heterocycles. The lowest BCUT2D eigenvalue weighted by atomic mass is 10.1. The summed E-state index contributed by atoms with van der Waals surface area (Å²) in [4.78, 5) is 0. The van der Waals surface area contributed by atoms with Crippen LogP contribution in [0.2, 0.25) is 0 Å². The standard InChI is InChI=1S/C17H20FNO2/c1-3-12-7-8-16(17(9-12)20-2)21-11-15(19)13-5-4-6-14(18)10-13/h4-10,15H,3,11,19H2,1-2H3. The molecular weight excluding hydrogens is 269 g/mol. The van der Waals surface area contributed by atoms with Gasteiger partial charge < -0.3 is 15.2 Å². The number of methoxy groups -OCH3 is 1. The fourth-order valence-corrected chi connectivity index (χ4v) is 2.06. The average Bonchev–Trinajstić information content (AvgIpc) is 2.52. The summed E-state index contributed by atoms with van der Waals surface area (Å²) in [5.41, 5.74) is 7.91. The number of nitrogens with two attached hydrogens (primary N) is 1. The van der Waals surface area contributed by atoms with Crippen molar-refractivity contribution in [3.8, 4) is 11.5 Å². The first-order valence-electron chi connectivity index (χ1n) is 6.94. The van der Waals surface area contributed by atoms with Crippen LogP contribution in [0.15, 0.2) is 42.5 Å². The normalized spacial score (nSPS) is 12.0. The molecule has 0 spiro atoms. The monoisotopic (exact) mass is 289 g/mol. The number of ether oxygens (including phenoxy) is 2. The van der Waals surface area contributed by atoms with E-state index < -0.39 is 6.04 Å². The molecule has 1 unspecified atom stereocenters. The highest BCUT2D eigenvalue weighted by molar-refractivity contribution is 5.43. The van der Waals surface area contributed by atoms with Crippen LogP contribution in [0.25, 0.3) is 0 Å². The van der Waals surface area contributed by atoms with E-state index in [1.807, 2.05) is 18.2 Å². The first kappa shape index (κ1) is 15.3. The van der Waals surface area contributed by atoms with E-state index in [1.54, 1.807) is 19.2 Å². The van der Waals surface area contributed by atoms with E-state index in [-0.39, 0.29) is 12.4 Å². The van der Waals surface area contributed by atoms with Crippen LogP contribution in [0.4, 0.5) is 4.39 Å². The van der Waals surface area contributed by atoms with E-state index in [4.69, 9.17) is 15.2 Å². The van der Waals surface area contributed by atoms with E-state index in [1.165, 1.54) is 17.7 Å². The Hall–Kier alpha value is -2.07. The summed E-state index contributed by atoms with van der Waals surface area (Å²) < 4.78 is 24.2. The third kappa shape index (κ3) is 3.95. The van der Waals surface area contributed by atoms with E-state index >= 15 is 0 Å². The van der Waals surface area contributed by atoms with Gasteiger partial charge >= 0.3 is 0 Å². The number of hydrogen-bond donors (Lipinski definition) is 1. The molecule has 112 valence electrons. The highest BCUT2D eigenvalue weighted by Crippen LogP contribution is 2.29. The predicted molar refractivity (Wildman–Crippen MR) is 81.2 cm³/mol. The summed E-state index contributed by atoms with van der Waals surface area (Å²) in [6.45, 7) is 2.33. The van der Waals surface area contributed by atoms with Crippen LogP contribution in [0.3, 0.4) is 0 Å². The molecule has 0 aliphatic carbocycles. The van der Waals surface area contributed by atoms with Crippen molar-refractivity contribution >= 4 is 0 Å². The second-order valence-corrected chi connectivity index (χ2v) is 4.81. The Morgan fingerprint density at radius 3 is 2.62 bits per heavy atom. The van der Waals surface area contributed by atoms with E-state index in [9.17, 15) is 4.39 Å². The highest BCUT2D eigenvalue weighted by atomic mass is 19.1.